The van der Waals surface area contributed by atoms with Gasteiger partial charge in [-0.15, -0.1) is 4.36 Å². The van der Waals surface area contributed by atoms with Crippen molar-refractivity contribution >= 4 is 21.6 Å². The summed E-state index contributed by atoms with van der Waals surface area (Å²) in [5.41, 5.74) is 5.13. The third kappa shape index (κ3) is 3.33. The van der Waals surface area contributed by atoms with Gasteiger partial charge in [-0.1, -0.05) is 6.92 Å². The van der Waals surface area contributed by atoms with Crippen molar-refractivity contribution in [1.29, 1.82) is 0 Å². The van der Waals surface area contributed by atoms with E-state index >= 15 is 0 Å². The van der Waals surface area contributed by atoms with Crippen molar-refractivity contribution in [3.05, 3.63) is 34.9 Å². The molecule has 0 radical (unpaired) electrons. The van der Waals surface area contributed by atoms with Gasteiger partial charge < -0.3 is 5.32 Å². The maximum Gasteiger partial charge on any atom is 0.354 e. The van der Waals surface area contributed by atoms with Gasteiger partial charge in [0.2, 0.25) is 0 Å². The fourth-order valence-corrected chi connectivity index (χ4v) is 4.87. The Hall–Kier alpha value is -2.26. The number of hydrogen-bond acceptors (Lipinski definition) is 4. The topological polar surface area (TPSA) is 115 Å². The SMILES string of the molecule is CC1CCc2c1nc1c(c2NC(=O)N=[S@](N)(=O)c2cnn(C(C)C)c2)CCC1. The Morgan fingerprint density at radius 2 is 2.14 bits per heavy atom. The minimum Gasteiger partial charge on any atom is -0.305 e. The number of urea groups is 1. The van der Waals surface area contributed by atoms with E-state index < -0.39 is 15.9 Å². The van der Waals surface area contributed by atoms with Crippen LogP contribution in [0.25, 0.3) is 0 Å². The first-order chi connectivity index (χ1) is 13.3. The van der Waals surface area contributed by atoms with Crippen molar-refractivity contribution in [2.45, 2.75) is 69.7 Å². The van der Waals surface area contributed by atoms with Crippen LogP contribution < -0.4 is 10.5 Å². The molecule has 0 saturated heterocycles. The van der Waals surface area contributed by atoms with Crippen LogP contribution in [0.4, 0.5) is 10.5 Å². The molecule has 0 aliphatic heterocycles. The number of nitrogens with one attached hydrogen (secondary N) is 1. The lowest BCUT2D eigenvalue weighted by molar-refractivity contribution is 0.260. The van der Waals surface area contributed by atoms with Gasteiger partial charge in [0.15, 0.2) is 0 Å². The molecule has 2 heterocycles. The highest BCUT2D eigenvalue weighted by atomic mass is 32.2. The number of fused-ring (bicyclic) bond motifs is 2. The minimum atomic E-state index is -3.37. The van der Waals surface area contributed by atoms with Crippen LogP contribution in [0.3, 0.4) is 0 Å². The highest BCUT2D eigenvalue weighted by Gasteiger charge is 2.30. The van der Waals surface area contributed by atoms with Gasteiger partial charge in [0, 0.05) is 23.6 Å². The molecule has 2 aliphatic carbocycles. The van der Waals surface area contributed by atoms with E-state index in [0.717, 1.165) is 60.3 Å². The minimum absolute atomic E-state index is 0.0989. The van der Waals surface area contributed by atoms with Crippen molar-refractivity contribution in [3.63, 3.8) is 0 Å². The van der Waals surface area contributed by atoms with Crippen molar-refractivity contribution in [2.75, 3.05) is 5.32 Å². The van der Waals surface area contributed by atoms with Crippen LogP contribution in [0.1, 0.15) is 68.1 Å². The Bertz CT molecular complexity index is 1060. The van der Waals surface area contributed by atoms with E-state index in [0.29, 0.717) is 5.92 Å². The molecule has 2 atom stereocenters. The number of hydrogen-bond donors (Lipinski definition) is 2. The van der Waals surface area contributed by atoms with Crippen molar-refractivity contribution in [3.8, 4) is 0 Å². The standard InChI is InChI=1S/C19H26N6O2S/c1-11(2)25-10-13(9-21-25)28(20,27)24-19(26)23-18-14-5-4-6-16(14)22-17-12(3)7-8-15(17)18/h9-12H,4-8H2,1-3H3,(H3,20,22,23,24,26,27)/t12?,28-/m0/s1. The Balaban J connectivity index is 1.67. The quantitative estimate of drug-likeness (QED) is 0.819. The van der Waals surface area contributed by atoms with Gasteiger partial charge >= 0.3 is 6.03 Å². The summed E-state index contributed by atoms with van der Waals surface area (Å²) in [6.07, 6.45) is 7.73. The molecule has 3 N–H and O–H groups in total. The number of amides is 2. The number of carbonyl (C=O) groups is 1. The number of pyridine rings is 1. The van der Waals surface area contributed by atoms with Crippen LogP contribution in [-0.2, 0) is 29.2 Å². The first-order valence-corrected chi connectivity index (χ1v) is 11.3. The molecule has 9 heteroatoms. The van der Waals surface area contributed by atoms with Gasteiger partial charge in [0.1, 0.15) is 14.8 Å². The zero-order valence-corrected chi connectivity index (χ0v) is 17.3. The van der Waals surface area contributed by atoms with Crippen LogP contribution >= 0.6 is 0 Å². The van der Waals surface area contributed by atoms with E-state index in [-0.39, 0.29) is 10.9 Å². The maximum absolute atomic E-state index is 12.8. The number of nitrogens with zero attached hydrogens (tertiary/aromatic N) is 4. The monoisotopic (exact) mass is 402 g/mol. The third-order valence-electron chi connectivity index (χ3n) is 5.55. The fourth-order valence-electron chi connectivity index (χ4n) is 4.01. The first-order valence-electron chi connectivity index (χ1n) is 9.71. The van der Waals surface area contributed by atoms with E-state index in [1.165, 1.54) is 6.20 Å². The molecule has 8 nitrogen and oxygen atoms in total. The first kappa shape index (κ1) is 19.1. The number of anilines is 1. The molecule has 2 aromatic rings. The molecule has 4 rings (SSSR count). The van der Waals surface area contributed by atoms with Crippen LogP contribution in [0.15, 0.2) is 21.7 Å². The largest absolute Gasteiger partial charge is 0.354 e. The third-order valence-corrected chi connectivity index (χ3v) is 6.87. The van der Waals surface area contributed by atoms with Crippen LogP contribution in [0.2, 0.25) is 0 Å². The highest BCUT2D eigenvalue weighted by molar-refractivity contribution is 7.91. The number of nitrogens with two attached hydrogens (primary N) is 1. The summed E-state index contributed by atoms with van der Waals surface area (Å²) < 4.78 is 18.3. The molecule has 0 fully saturated rings. The van der Waals surface area contributed by atoms with Crippen molar-refractivity contribution in [2.24, 2.45) is 9.50 Å². The molecule has 2 aliphatic rings. The molecule has 2 aromatic heterocycles. The lowest BCUT2D eigenvalue weighted by Gasteiger charge is -2.15. The summed E-state index contributed by atoms with van der Waals surface area (Å²) in [7, 11) is -3.37. The van der Waals surface area contributed by atoms with Gasteiger partial charge in [-0.3, -0.25) is 9.67 Å². The summed E-state index contributed by atoms with van der Waals surface area (Å²) in [5, 5.41) is 12.9. The van der Waals surface area contributed by atoms with Crippen LogP contribution in [0, 0.1) is 0 Å². The summed E-state index contributed by atoms with van der Waals surface area (Å²) >= 11 is 0. The second-order valence-corrected chi connectivity index (χ2v) is 9.70. The Kier molecular flexibility index (Phi) is 4.75. The van der Waals surface area contributed by atoms with Crippen LogP contribution in [0.5, 0.6) is 0 Å². The molecule has 28 heavy (non-hydrogen) atoms. The average molecular weight is 403 g/mol. The predicted octanol–water partition coefficient (Wildman–Crippen LogP) is 3.33. The highest BCUT2D eigenvalue weighted by Crippen LogP contribution is 2.41. The average Bonchev–Trinajstić information content (AvgIpc) is 3.34. The molecule has 150 valence electrons. The second-order valence-electron chi connectivity index (χ2n) is 7.91. The number of rotatable bonds is 3. The molecule has 2 amide bonds. The Labute approximate surface area is 165 Å². The van der Waals surface area contributed by atoms with Crippen LogP contribution in [-0.4, -0.2) is 25.0 Å². The smallest absolute Gasteiger partial charge is 0.305 e. The molecule has 0 bridgehead atoms. The summed E-state index contributed by atoms with van der Waals surface area (Å²) in [6, 6.07) is -0.589. The molecular weight excluding hydrogens is 376 g/mol. The van der Waals surface area contributed by atoms with Gasteiger partial charge in [-0.05, 0) is 63.0 Å². The molecular formula is C19H26N6O2S. The normalized spacial score (nSPS) is 20.0. The van der Waals surface area contributed by atoms with Crippen molar-refractivity contribution < 1.29 is 9.00 Å². The van der Waals surface area contributed by atoms with E-state index in [4.69, 9.17) is 10.1 Å². The predicted molar refractivity (Wildman–Crippen MR) is 108 cm³/mol. The Morgan fingerprint density at radius 1 is 1.36 bits per heavy atom. The van der Waals surface area contributed by atoms with E-state index in [9.17, 15) is 9.00 Å². The van der Waals surface area contributed by atoms with Gasteiger partial charge in [-0.2, -0.15) is 5.10 Å². The summed E-state index contributed by atoms with van der Waals surface area (Å²) in [6.45, 7) is 6.06. The maximum atomic E-state index is 12.8. The molecule has 0 spiro atoms. The van der Waals surface area contributed by atoms with E-state index in [1.54, 1.807) is 10.9 Å². The van der Waals surface area contributed by atoms with Gasteiger partial charge in [-0.25, -0.2) is 14.1 Å². The molecule has 0 aromatic carbocycles. The number of aromatic nitrogens is 3. The fraction of sp³-hybridized carbons (Fsp3) is 0.526. The van der Waals surface area contributed by atoms with Gasteiger partial charge in [0.05, 0.1) is 11.9 Å². The lowest BCUT2D eigenvalue weighted by atomic mass is 10.0. The van der Waals surface area contributed by atoms with E-state index in [2.05, 4.69) is 21.7 Å². The lowest BCUT2D eigenvalue weighted by Crippen LogP contribution is -2.19. The zero-order chi connectivity index (χ0) is 20.1. The summed E-state index contributed by atoms with van der Waals surface area (Å²) in [5.74, 6) is 0.383. The molecule has 0 saturated carbocycles. The zero-order valence-electron chi connectivity index (χ0n) is 16.4. The number of carbonyl (C=O) groups excluding carboxylic acids is 1. The second kappa shape index (κ2) is 6.97. The van der Waals surface area contributed by atoms with Gasteiger partial charge in [0.25, 0.3) is 0 Å². The Morgan fingerprint density at radius 3 is 2.86 bits per heavy atom. The van der Waals surface area contributed by atoms with Crippen molar-refractivity contribution in [1.82, 2.24) is 14.8 Å². The number of aryl methyl sites for hydroxylation is 1. The summed E-state index contributed by atoms with van der Waals surface area (Å²) in [4.78, 5) is 17.7. The molecule has 1 unspecified atom stereocenters. The van der Waals surface area contributed by atoms with E-state index in [1.807, 2.05) is 13.8 Å².